The molecule has 4 rings (SSSR count). The monoisotopic (exact) mass is 431 g/mol. The molecule has 1 amide bonds. The zero-order valence-electron chi connectivity index (χ0n) is 17.0. The average molecular weight is 431 g/mol. The highest BCUT2D eigenvalue weighted by Crippen LogP contribution is 2.30. The third-order valence-corrected chi connectivity index (χ3v) is 4.98. The Morgan fingerprint density at radius 1 is 1.06 bits per heavy atom. The second kappa shape index (κ2) is 8.81. The average Bonchev–Trinajstić information content (AvgIpc) is 3.29. The molecule has 160 valence electrons. The van der Waals surface area contributed by atoms with Crippen LogP contribution in [0.4, 0.5) is 10.1 Å². The number of hydrogen-bond acceptors (Lipinski definition) is 5. The molecule has 0 aliphatic rings. The van der Waals surface area contributed by atoms with Gasteiger partial charge in [-0.25, -0.2) is 9.37 Å². The van der Waals surface area contributed by atoms with Crippen LogP contribution in [-0.2, 0) is 0 Å². The van der Waals surface area contributed by atoms with Gasteiger partial charge in [-0.3, -0.25) is 14.9 Å². The first-order chi connectivity index (χ1) is 15.4. The number of amides is 1. The molecule has 0 saturated heterocycles. The lowest BCUT2D eigenvalue weighted by molar-refractivity contribution is -0.384. The predicted octanol–water partition coefficient (Wildman–Crippen LogP) is 5.55. The van der Waals surface area contributed by atoms with Gasteiger partial charge in [-0.1, -0.05) is 36.4 Å². The van der Waals surface area contributed by atoms with Crippen molar-refractivity contribution in [2.24, 2.45) is 0 Å². The number of carbonyl (C=O) groups is 1. The van der Waals surface area contributed by atoms with Crippen molar-refractivity contribution in [3.8, 4) is 22.8 Å². The minimum Gasteiger partial charge on any atom is -0.436 e. The highest BCUT2D eigenvalue weighted by molar-refractivity contribution is 6.00. The molecule has 1 unspecified atom stereocenters. The Morgan fingerprint density at radius 2 is 1.78 bits per heavy atom. The molecule has 32 heavy (non-hydrogen) atoms. The Balaban J connectivity index is 1.60. The Labute approximate surface area is 182 Å². The first-order valence-corrected chi connectivity index (χ1v) is 9.79. The third-order valence-electron chi connectivity index (χ3n) is 4.98. The van der Waals surface area contributed by atoms with Crippen molar-refractivity contribution in [1.82, 2.24) is 10.3 Å². The number of benzene rings is 3. The molecule has 3 aromatic carbocycles. The summed E-state index contributed by atoms with van der Waals surface area (Å²) in [6.07, 6.45) is 1.41. The van der Waals surface area contributed by atoms with E-state index in [2.05, 4.69) is 10.3 Å². The maximum Gasteiger partial charge on any atom is 0.269 e. The summed E-state index contributed by atoms with van der Waals surface area (Å²) in [7, 11) is 0. The van der Waals surface area contributed by atoms with Crippen molar-refractivity contribution in [1.29, 1.82) is 0 Å². The van der Waals surface area contributed by atoms with E-state index in [0.717, 1.165) is 0 Å². The van der Waals surface area contributed by atoms with E-state index in [1.165, 1.54) is 24.4 Å². The van der Waals surface area contributed by atoms with Crippen LogP contribution >= 0.6 is 0 Å². The van der Waals surface area contributed by atoms with Gasteiger partial charge in [0.1, 0.15) is 5.82 Å². The van der Waals surface area contributed by atoms with Crippen LogP contribution < -0.4 is 5.32 Å². The van der Waals surface area contributed by atoms with Crippen LogP contribution in [0.3, 0.4) is 0 Å². The van der Waals surface area contributed by atoms with Crippen LogP contribution in [0, 0.1) is 15.9 Å². The molecule has 0 spiro atoms. The van der Waals surface area contributed by atoms with Gasteiger partial charge in [-0.05, 0) is 36.8 Å². The molecule has 8 heteroatoms. The van der Waals surface area contributed by atoms with E-state index >= 15 is 0 Å². The molecule has 0 bridgehead atoms. The minimum atomic E-state index is -0.483. The summed E-state index contributed by atoms with van der Waals surface area (Å²) in [5.74, 6) is -0.410. The smallest absolute Gasteiger partial charge is 0.269 e. The zero-order chi connectivity index (χ0) is 22.7. The number of non-ortho nitro benzene ring substituents is 1. The lowest BCUT2D eigenvalue weighted by Crippen LogP contribution is -2.27. The van der Waals surface area contributed by atoms with E-state index in [-0.39, 0.29) is 22.9 Å². The number of halogens is 1. The van der Waals surface area contributed by atoms with Gasteiger partial charge in [0.25, 0.3) is 11.6 Å². The number of rotatable bonds is 6. The van der Waals surface area contributed by atoms with Gasteiger partial charge in [0.2, 0.25) is 5.89 Å². The van der Waals surface area contributed by atoms with Crippen molar-refractivity contribution in [2.75, 3.05) is 0 Å². The molecule has 1 N–H and O–H groups in total. The summed E-state index contributed by atoms with van der Waals surface area (Å²) >= 11 is 0. The molecular weight excluding hydrogens is 413 g/mol. The zero-order valence-corrected chi connectivity index (χ0v) is 17.0. The molecule has 7 nitrogen and oxygen atoms in total. The standard InChI is InChI=1S/C24H18FN3O4/c1-15(16-7-6-8-17(13-16)28(30)31)27-23(29)18-9-2-3-10-19(18)24-26-14-22(32-24)20-11-4-5-12-21(20)25/h2-15H,1H3,(H,27,29). The Morgan fingerprint density at radius 3 is 2.53 bits per heavy atom. The van der Waals surface area contributed by atoms with E-state index in [0.29, 0.717) is 16.7 Å². The molecule has 1 atom stereocenters. The largest absolute Gasteiger partial charge is 0.436 e. The Bertz CT molecular complexity index is 1300. The second-order valence-corrected chi connectivity index (χ2v) is 7.10. The van der Waals surface area contributed by atoms with Crippen LogP contribution in [0.1, 0.15) is 28.9 Å². The fourth-order valence-electron chi connectivity index (χ4n) is 3.32. The number of nitro groups is 1. The van der Waals surface area contributed by atoms with E-state index in [1.54, 1.807) is 61.5 Å². The van der Waals surface area contributed by atoms with Gasteiger partial charge in [-0.15, -0.1) is 0 Å². The molecule has 4 aromatic rings. The SMILES string of the molecule is CC(NC(=O)c1ccccc1-c1ncc(-c2ccccc2F)o1)c1cccc([N+](=O)[O-])c1. The fraction of sp³-hybridized carbons (Fsp3) is 0.0833. The summed E-state index contributed by atoms with van der Waals surface area (Å²) in [5, 5.41) is 13.9. The molecule has 1 aromatic heterocycles. The van der Waals surface area contributed by atoms with Gasteiger partial charge in [0.15, 0.2) is 5.76 Å². The van der Waals surface area contributed by atoms with Gasteiger partial charge in [0, 0.05) is 17.7 Å². The maximum atomic E-state index is 14.1. The molecular formula is C24H18FN3O4. The van der Waals surface area contributed by atoms with Crippen LogP contribution in [0.5, 0.6) is 0 Å². The number of hydrogen-bond donors (Lipinski definition) is 1. The van der Waals surface area contributed by atoms with Crippen LogP contribution in [0.25, 0.3) is 22.8 Å². The Kier molecular flexibility index (Phi) is 5.76. The highest BCUT2D eigenvalue weighted by Gasteiger charge is 2.20. The van der Waals surface area contributed by atoms with Crippen molar-refractivity contribution >= 4 is 11.6 Å². The summed E-state index contributed by atoms with van der Waals surface area (Å²) in [6.45, 7) is 1.74. The van der Waals surface area contributed by atoms with Crippen LogP contribution in [0.2, 0.25) is 0 Å². The lowest BCUT2D eigenvalue weighted by atomic mass is 10.0. The van der Waals surface area contributed by atoms with Gasteiger partial charge < -0.3 is 9.73 Å². The summed E-state index contributed by atoms with van der Waals surface area (Å²) in [5.41, 5.74) is 1.57. The first kappa shape index (κ1) is 20.9. The number of nitrogens with one attached hydrogen (secondary N) is 1. The number of nitro benzene ring substituents is 1. The maximum absolute atomic E-state index is 14.1. The molecule has 0 aliphatic carbocycles. The quantitative estimate of drug-likeness (QED) is 0.319. The van der Waals surface area contributed by atoms with Crippen LogP contribution in [-0.4, -0.2) is 15.8 Å². The second-order valence-electron chi connectivity index (χ2n) is 7.10. The summed E-state index contributed by atoms with van der Waals surface area (Å²) < 4.78 is 19.8. The molecule has 0 aliphatic heterocycles. The number of aromatic nitrogens is 1. The molecule has 0 saturated carbocycles. The van der Waals surface area contributed by atoms with E-state index < -0.39 is 22.7 Å². The number of oxazole rings is 1. The summed E-state index contributed by atoms with van der Waals surface area (Å²) in [6, 6.07) is 18.5. The first-order valence-electron chi connectivity index (χ1n) is 9.79. The van der Waals surface area contributed by atoms with E-state index in [9.17, 15) is 19.3 Å². The van der Waals surface area contributed by atoms with Gasteiger partial charge >= 0.3 is 0 Å². The number of carbonyl (C=O) groups excluding carboxylic acids is 1. The topological polar surface area (TPSA) is 98.3 Å². The molecule has 1 heterocycles. The van der Waals surface area contributed by atoms with Crippen molar-refractivity contribution in [3.05, 3.63) is 106 Å². The fourth-order valence-corrected chi connectivity index (χ4v) is 3.32. The van der Waals surface area contributed by atoms with E-state index in [4.69, 9.17) is 4.42 Å². The van der Waals surface area contributed by atoms with Gasteiger partial charge in [-0.2, -0.15) is 0 Å². The lowest BCUT2D eigenvalue weighted by Gasteiger charge is -2.15. The Hall–Kier alpha value is -4.33. The predicted molar refractivity (Wildman–Crippen MR) is 116 cm³/mol. The molecule has 0 fully saturated rings. The third kappa shape index (κ3) is 4.24. The summed E-state index contributed by atoms with van der Waals surface area (Å²) in [4.78, 5) is 27.8. The van der Waals surface area contributed by atoms with Gasteiger partial charge in [0.05, 0.1) is 28.3 Å². The minimum absolute atomic E-state index is 0.0514. The number of nitrogens with zero attached hydrogens (tertiary/aromatic N) is 2. The highest BCUT2D eigenvalue weighted by atomic mass is 19.1. The molecule has 0 radical (unpaired) electrons. The van der Waals surface area contributed by atoms with Crippen LogP contribution in [0.15, 0.2) is 83.4 Å². The van der Waals surface area contributed by atoms with Crippen molar-refractivity contribution in [2.45, 2.75) is 13.0 Å². The van der Waals surface area contributed by atoms with E-state index in [1.807, 2.05) is 0 Å². The van der Waals surface area contributed by atoms with Crippen molar-refractivity contribution < 1.29 is 18.5 Å². The normalized spacial score (nSPS) is 11.7. The van der Waals surface area contributed by atoms with Crippen molar-refractivity contribution in [3.63, 3.8) is 0 Å².